The van der Waals surface area contributed by atoms with Gasteiger partial charge in [-0.15, -0.1) is 10.2 Å². The van der Waals surface area contributed by atoms with Gasteiger partial charge in [0, 0.05) is 13.5 Å². The maximum Gasteiger partial charge on any atom is 0.230 e. The van der Waals surface area contributed by atoms with Gasteiger partial charge < -0.3 is 9.73 Å². The smallest absolute Gasteiger partial charge is 0.230 e. The van der Waals surface area contributed by atoms with E-state index in [0.717, 1.165) is 6.54 Å². The van der Waals surface area contributed by atoms with E-state index in [1.807, 2.05) is 0 Å². The molecule has 0 spiro atoms. The third kappa shape index (κ3) is 2.64. The van der Waals surface area contributed by atoms with Crippen molar-refractivity contribution in [1.29, 1.82) is 0 Å². The Kier molecular flexibility index (Phi) is 3.13. The highest BCUT2D eigenvalue weighted by atomic mass is 32.1. The molecule has 2 heterocycles. The molecule has 0 unspecified atom stereocenters. The van der Waals surface area contributed by atoms with Crippen molar-refractivity contribution in [2.24, 2.45) is 0 Å². The zero-order chi connectivity index (χ0) is 10.7. The van der Waals surface area contributed by atoms with Gasteiger partial charge in [-0.3, -0.25) is 0 Å². The summed E-state index contributed by atoms with van der Waals surface area (Å²) < 4.78 is 5.25. The molecule has 1 N–H and O–H groups in total. The van der Waals surface area contributed by atoms with Crippen LogP contribution in [0.1, 0.15) is 22.9 Å². The first-order valence-corrected chi connectivity index (χ1v) is 5.71. The van der Waals surface area contributed by atoms with Crippen LogP contribution in [0.5, 0.6) is 0 Å². The molecule has 15 heavy (non-hydrogen) atoms. The number of aryl methyl sites for hydroxylation is 2. The summed E-state index contributed by atoms with van der Waals surface area (Å²) in [6, 6.07) is 0. The van der Waals surface area contributed by atoms with E-state index < -0.39 is 0 Å². The van der Waals surface area contributed by atoms with E-state index in [-0.39, 0.29) is 0 Å². The van der Waals surface area contributed by atoms with Crippen LogP contribution in [0.25, 0.3) is 0 Å². The largest absolute Gasteiger partial charge is 0.424 e. The molecule has 0 fully saturated rings. The minimum absolute atomic E-state index is 0.610. The Morgan fingerprint density at radius 3 is 2.73 bits per heavy atom. The number of nitrogens with one attached hydrogen (secondary N) is 1. The first-order chi connectivity index (χ1) is 7.25. The van der Waals surface area contributed by atoms with Gasteiger partial charge in [0.15, 0.2) is 0 Å². The summed E-state index contributed by atoms with van der Waals surface area (Å²) in [5.74, 6) is 1.25. The van der Waals surface area contributed by atoms with Crippen LogP contribution < -0.4 is 5.32 Å². The highest BCUT2D eigenvalue weighted by Crippen LogP contribution is 2.13. The van der Waals surface area contributed by atoms with Gasteiger partial charge in [-0.1, -0.05) is 0 Å². The Morgan fingerprint density at radius 2 is 2.13 bits per heavy atom. The van der Waals surface area contributed by atoms with Crippen molar-refractivity contribution >= 4 is 11.3 Å². The molecule has 2 rings (SSSR count). The summed E-state index contributed by atoms with van der Waals surface area (Å²) >= 11 is 1.73. The Hall–Kier alpha value is -1.20. The van der Waals surface area contributed by atoms with Crippen LogP contribution in [0, 0.1) is 13.8 Å². The quantitative estimate of drug-likeness (QED) is 0.861. The minimum atomic E-state index is 0.610. The first kappa shape index (κ1) is 10.3. The Labute approximate surface area is 92.3 Å². The van der Waals surface area contributed by atoms with Crippen LogP contribution in [0.15, 0.2) is 15.2 Å². The summed E-state index contributed by atoms with van der Waals surface area (Å²) in [5.41, 5.74) is 2.66. The average molecular weight is 223 g/mol. The molecule has 2 aromatic rings. The topological polar surface area (TPSA) is 51.0 Å². The second-order valence-corrected chi connectivity index (χ2v) is 4.14. The normalized spacial score (nSPS) is 10.8. The van der Waals surface area contributed by atoms with Crippen molar-refractivity contribution in [3.05, 3.63) is 33.7 Å². The maximum absolute atomic E-state index is 5.25. The monoisotopic (exact) mass is 223 g/mol. The minimum Gasteiger partial charge on any atom is -0.424 e. The summed E-state index contributed by atoms with van der Waals surface area (Å²) in [5, 5.41) is 15.2. The van der Waals surface area contributed by atoms with E-state index in [9.17, 15) is 0 Å². The second-order valence-electron chi connectivity index (χ2n) is 3.40. The second kappa shape index (κ2) is 4.55. The highest BCUT2D eigenvalue weighted by Gasteiger charge is 2.02. The van der Waals surface area contributed by atoms with Crippen LogP contribution in [0.4, 0.5) is 0 Å². The lowest BCUT2D eigenvalue weighted by Crippen LogP contribution is -2.13. The third-order valence-corrected chi connectivity index (χ3v) is 3.03. The summed E-state index contributed by atoms with van der Waals surface area (Å²) in [4.78, 5) is 0. The van der Waals surface area contributed by atoms with Gasteiger partial charge in [0.2, 0.25) is 11.8 Å². The molecule has 0 aliphatic rings. The van der Waals surface area contributed by atoms with E-state index >= 15 is 0 Å². The third-order valence-electron chi connectivity index (χ3n) is 2.12. The first-order valence-electron chi connectivity index (χ1n) is 4.77. The van der Waals surface area contributed by atoms with Crippen LogP contribution in [-0.4, -0.2) is 10.2 Å². The lowest BCUT2D eigenvalue weighted by molar-refractivity contribution is 0.446. The van der Waals surface area contributed by atoms with Gasteiger partial charge in [-0.25, -0.2) is 0 Å². The molecular formula is C10H13N3OS. The molecule has 0 aromatic carbocycles. The number of hydrogen-bond acceptors (Lipinski definition) is 5. The molecular weight excluding hydrogens is 210 g/mol. The van der Waals surface area contributed by atoms with E-state index in [1.54, 1.807) is 18.3 Å². The molecule has 0 saturated heterocycles. The Bertz CT molecular complexity index is 435. The van der Waals surface area contributed by atoms with E-state index in [1.165, 1.54) is 11.1 Å². The van der Waals surface area contributed by atoms with E-state index in [0.29, 0.717) is 18.3 Å². The molecule has 0 aliphatic carbocycles. The fourth-order valence-electron chi connectivity index (χ4n) is 1.28. The predicted molar refractivity (Wildman–Crippen MR) is 58.6 cm³/mol. The van der Waals surface area contributed by atoms with Crippen molar-refractivity contribution in [2.75, 3.05) is 0 Å². The Balaban J connectivity index is 1.83. The van der Waals surface area contributed by atoms with Crippen LogP contribution in [-0.2, 0) is 13.1 Å². The highest BCUT2D eigenvalue weighted by molar-refractivity contribution is 7.08. The fraction of sp³-hybridized carbons (Fsp3) is 0.400. The lowest BCUT2D eigenvalue weighted by atomic mass is 10.2. The van der Waals surface area contributed by atoms with Gasteiger partial charge in [0.05, 0.1) is 6.54 Å². The zero-order valence-corrected chi connectivity index (χ0v) is 9.60. The summed E-state index contributed by atoms with van der Waals surface area (Å²) in [6.45, 7) is 5.37. The summed E-state index contributed by atoms with van der Waals surface area (Å²) in [7, 11) is 0. The molecule has 0 radical (unpaired) electrons. The van der Waals surface area contributed by atoms with E-state index in [2.05, 4.69) is 33.2 Å². The lowest BCUT2D eigenvalue weighted by Gasteiger charge is -2.00. The van der Waals surface area contributed by atoms with Gasteiger partial charge in [-0.05, 0) is 28.8 Å². The fourth-order valence-corrected chi connectivity index (χ4v) is 2.14. The number of thiophene rings is 1. The van der Waals surface area contributed by atoms with Crippen molar-refractivity contribution < 1.29 is 4.42 Å². The average Bonchev–Trinajstić information content (AvgIpc) is 2.77. The molecule has 0 saturated carbocycles. The van der Waals surface area contributed by atoms with Gasteiger partial charge >= 0.3 is 0 Å². The molecule has 0 bridgehead atoms. The van der Waals surface area contributed by atoms with Crippen LogP contribution in [0.2, 0.25) is 0 Å². The number of aromatic nitrogens is 2. The molecule has 0 atom stereocenters. The van der Waals surface area contributed by atoms with Gasteiger partial charge in [0.25, 0.3) is 0 Å². The zero-order valence-electron chi connectivity index (χ0n) is 8.78. The molecule has 5 heteroatoms. The van der Waals surface area contributed by atoms with Crippen molar-refractivity contribution in [3.8, 4) is 0 Å². The molecule has 0 amide bonds. The number of rotatable bonds is 4. The standard InChI is InChI=1S/C10H13N3OS/c1-7-5-15-6-9(7)3-11-4-10-13-12-8(2)14-10/h5-6,11H,3-4H2,1-2H3. The van der Waals surface area contributed by atoms with E-state index in [4.69, 9.17) is 4.42 Å². The Morgan fingerprint density at radius 1 is 1.27 bits per heavy atom. The number of nitrogens with zero attached hydrogens (tertiary/aromatic N) is 2. The van der Waals surface area contributed by atoms with Crippen molar-refractivity contribution in [2.45, 2.75) is 26.9 Å². The molecule has 80 valence electrons. The maximum atomic E-state index is 5.25. The molecule has 0 aliphatic heterocycles. The van der Waals surface area contributed by atoms with Gasteiger partial charge in [-0.2, -0.15) is 11.3 Å². The predicted octanol–water partition coefficient (Wildman–Crippen LogP) is 2.04. The SMILES string of the molecule is Cc1nnc(CNCc2cscc2C)o1. The van der Waals surface area contributed by atoms with Crippen LogP contribution in [0.3, 0.4) is 0 Å². The van der Waals surface area contributed by atoms with Gasteiger partial charge in [0.1, 0.15) is 0 Å². The molecule has 2 aromatic heterocycles. The number of hydrogen-bond donors (Lipinski definition) is 1. The van der Waals surface area contributed by atoms with Crippen molar-refractivity contribution in [1.82, 2.24) is 15.5 Å². The van der Waals surface area contributed by atoms with Crippen molar-refractivity contribution in [3.63, 3.8) is 0 Å². The molecule has 4 nitrogen and oxygen atoms in total. The van der Waals surface area contributed by atoms with Crippen LogP contribution >= 0.6 is 11.3 Å². The summed E-state index contributed by atoms with van der Waals surface area (Å²) in [6.07, 6.45) is 0.